The number of rotatable bonds is 4. The molecule has 0 radical (unpaired) electrons. The van der Waals surface area contributed by atoms with Crippen molar-refractivity contribution in [3.8, 4) is 5.75 Å². The van der Waals surface area contributed by atoms with Crippen LogP contribution in [0.1, 0.15) is 45.6 Å². The topological polar surface area (TPSA) is 70.6 Å². The smallest absolute Gasteiger partial charge is 0.407 e. The fourth-order valence-corrected chi connectivity index (χ4v) is 3.18. The number of alkyl carbamates (subject to hydrolysis) is 1. The van der Waals surface area contributed by atoms with Crippen LogP contribution in [0.25, 0.3) is 0 Å². The number of ether oxygens (including phenoxy) is 1. The number of hydrogen-bond acceptors (Lipinski definition) is 4. The van der Waals surface area contributed by atoms with Gasteiger partial charge in [0.1, 0.15) is 11.4 Å². The van der Waals surface area contributed by atoms with Crippen LogP contribution in [-0.4, -0.2) is 28.9 Å². The van der Waals surface area contributed by atoms with Crippen LogP contribution in [0.3, 0.4) is 0 Å². The fourth-order valence-electron chi connectivity index (χ4n) is 2.77. The van der Waals surface area contributed by atoms with Crippen molar-refractivity contribution >= 4 is 22.0 Å². The second-order valence-corrected chi connectivity index (χ2v) is 7.86. The van der Waals surface area contributed by atoms with Crippen molar-refractivity contribution in [3.63, 3.8) is 0 Å². The second kappa shape index (κ2) is 7.53. The quantitative estimate of drug-likeness (QED) is 0.740. The van der Waals surface area contributed by atoms with Gasteiger partial charge in [0.15, 0.2) is 0 Å². The fraction of sp³-hybridized carbons (Fsp3) is 0.588. The van der Waals surface area contributed by atoms with Crippen LogP contribution in [0, 0.1) is 0 Å². The summed E-state index contributed by atoms with van der Waals surface area (Å²) in [7, 11) is 0. The molecule has 6 heteroatoms. The largest absolute Gasteiger partial charge is 0.508 e. The maximum atomic E-state index is 11.9. The van der Waals surface area contributed by atoms with Crippen molar-refractivity contribution in [1.82, 2.24) is 10.6 Å². The minimum absolute atomic E-state index is 0.0548. The zero-order valence-electron chi connectivity index (χ0n) is 13.9. The summed E-state index contributed by atoms with van der Waals surface area (Å²) >= 11 is 3.41. The Bertz CT molecular complexity index is 557. The Kier molecular flexibility index (Phi) is 5.92. The van der Waals surface area contributed by atoms with Gasteiger partial charge in [0.05, 0.1) is 0 Å². The molecule has 1 aliphatic carbocycles. The lowest BCUT2D eigenvalue weighted by molar-refractivity contribution is 0.0498. The number of aromatic hydroxyl groups is 1. The van der Waals surface area contributed by atoms with E-state index in [4.69, 9.17) is 4.74 Å². The molecule has 0 aromatic heterocycles. The Labute approximate surface area is 145 Å². The first-order chi connectivity index (χ1) is 10.7. The van der Waals surface area contributed by atoms with Gasteiger partial charge in [-0.25, -0.2) is 4.79 Å². The van der Waals surface area contributed by atoms with Crippen LogP contribution in [0.2, 0.25) is 0 Å². The van der Waals surface area contributed by atoms with Gasteiger partial charge in [0.2, 0.25) is 0 Å². The highest BCUT2D eigenvalue weighted by Crippen LogP contribution is 2.24. The van der Waals surface area contributed by atoms with E-state index >= 15 is 0 Å². The Morgan fingerprint density at radius 2 is 2.04 bits per heavy atom. The van der Waals surface area contributed by atoms with E-state index in [2.05, 4.69) is 26.6 Å². The first-order valence-electron chi connectivity index (χ1n) is 7.95. The summed E-state index contributed by atoms with van der Waals surface area (Å²) in [6.45, 7) is 6.12. The minimum atomic E-state index is -0.492. The Morgan fingerprint density at radius 1 is 1.35 bits per heavy atom. The third-order valence-corrected chi connectivity index (χ3v) is 4.31. The van der Waals surface area contributed by atoms with Crippen LogP contribution in [0.5, 0.6) is 5.75 Å². The van der Waals surface area contributed by atoms with Crippen LogP contribution >= 0.6 is 15.9 Å². The monoisotopic (exact) mass is 384 g/mol. The van der Waals surface area contributed by atoms with Gasteiger partial charge in [-0.3, -0.25) is 0 Å². The lowest BCUT2D eigenvalue weighted by Crippen LogP contribution is -2.47. The molecule has 0 aliphatic heterocycles. The van der Waals surface area contributed by atoms with E-state index in [-0.39, 0.29) is 23.9 Å². The average molecular weight is 385 g/mol. The Balaban J connectivity index is 1.89. The molecule has 2 unspecified atom stereocenters. The molecule has 1 fully saturated rings. The summed E-state index contributed by atoms with van der Waals surface area (Å²) in [5.74, 6) is 0.273. The number of amides is 1. The number of phenolic OH excluding ortho intramolecular Hbond substituents is 1. The molecule has 0 heterocycles. The average Bonchev–Trinajstić information content (AvgIpc) is 2.85. The van der Waals surface area contributed by atoms with Gasteiger partial charge in [-0.15, -0.1) is 0 Å². The van der Waals surface area contributed by atoms with Crippen LogP contribution in [0.4, 0.5) is 4.79 Å². The van der Waals surface area contributed by atoms with E-state index < -0.39 is 5.60 Å². The van der Waals surface area contributed by atoms with Crippen molar-refractivity contribution in [3.05, 3.63) is 28.2 Å². The maximum Gasteiger partial charge on any atom is 0.407 e. The molecule has 23 heavy (non-hydrogen) atoms. The molecule has 5 nitrogen and oxygen atoms in total. The highest BCUT2D eigenvalue weighted by Gasteiger charge is 2.29. The molecule has 1 aliphatic rings. The van der Waals surface area contributed by atoms with Gasteiger partial charge in [-0.2, -0.15) is 0 Å². The van der Waals surface area contributed by atoms with E-state index in [1.807, 2.05) is 26.8 Å². The maximum absolute atomic E-state index is 11.9. The summed E-state index contributed by atoms with van der Waals surface area (Å²) in [6.07, 6.45) is 2.61. The molecule has 0 saturated heterocycles. The van der Waals surface area contributed by atoms with E-state index in [0.29, 0.717) is 6.54 Å². The lowest BCUT2D eigenvalue weighted by Gasteiger charge is -2.25. The molecule has 2 rings (SSSR count). The van der Waals surface area contributed by atoms with Crippen LogP contribution in [-0.2, 0) is 11.3 Å². The van der Waals surface area contributed by atoms with E-state index in [1.54, 1.807) is 12.1 Å². The number of nitrogens with one attached hydrogen (secondary N) is 2. The van der Waals surface area contributed by atoms with Crippen molar-refractivity contribution in [2.24, 2.45) is 0 Å². The Hall–Kier alpha value is -1.27. The van der Waals surface area contributed by atoms with Crippen molar-refractivity contribution in [2.75, 3.05) is 0 Å². The zero-order valence-corrected chi connectivity index (χ0v) is 15.4. The summed E-state index contributed by atoms with van der Waals surface area (Å²) in [4.78, 5) is 11.9. The molecule has 2 atom stereocenters. The van der Waals surface area contributed by atoms with Crippen molar-refractivity contribution in [2.45, 2.75) is 64.3 Å². The van der Waals surface area contributed by atoms with Crippen molar-refractivity contribution < 1.29 is 14.6 Å². The molecular formula is C17H25BrN2O3. The molecule has 0 spiro atoms. The SMILES string of the molecule is CC(C)(C)OC(=O)NC1CCCC1NCc1cc(Br)ccc1O. The van der Waals surface area contributed by atoms with Gasteiger partial charge in [-0.1, -0.05) is 15.9 Å². The predicted octanol–water partition coefficient (Wildman–Crippen LogP) is 3.69. The first kappa shape index (κ1) is 18.1. The van der Waals surface area contributed by atoms with Crippen LogP contribution in [0.15, 0.2) is 22.7 Å². The molecule has 128 valence electrons. The molecule has 1 aromatic carbocycles. The predicted molar refractivity (Wildman–Crippen MR) is 93.4 cm³/mol. The van der Waals surface area contributed by atoms with E-state index in [1.165, 1.54) is 0 Å². The van der Waals surface area contributed by atoms with Gasteiger partial charge >= 0.3 is 6.09 Å². The minimum Gasteiger partial charge on any atom is -0.508 e. The number of hydrogen-bond donors (Lipinski definition) is 3. The lowest BCUT2D eigenvalue weighted by atomic mass is 10.1. The summed E-state index contributed by atoms with van der Waals surface area (Å²) < 4.78 is 6.25. The van der Waals surface area contributed by atoms with E-state index in [0.717, 1.165) is 29.3 Å². The molecular weight excluding hydrogens is 360 g/mol. The van der Waals surface area contributed by atoms with Gasteiger partial charge in [0, 0.05) is 28.7 Å². The Morgan fingerprint density at radius 3 is 2.74 bits per heavy atom. The van der Waals surface area contributed by atoms with Crippen LogP contribution < -0.4 is 10.6 Å². The second-order valence-electron chi connectivity index (χ2n) is 6.94. The third kappa shape index (κ3) is 5.70. The highest BCUT2D eigenvalue weighted by molar-refractivity contribution is 9.10. The number of carbonyl (C=O) groups is 1. The molecule has 1 amide bonds. The highest BCUT2D eigenvalue weighted by atomic mass is 79.9. The van der Waals surface area contributed by atoms with Gasteiger partial charge in [0.25, 0.3) is 0 Å². The summed E-state index contributed by atoms with van der Waals surface area (Å²) in [5.41, 5.74) is 0.343. The summed E-state index contributed by atoms with van der Waals surface area (Å²) in [5, 5.41) is 16.3. The normalized spacial score (nSPS) is 21.2. The first-order valence-corrected chi connectivity index (χ1v) is 8.74. The standard InChI is InChI=1S/C17H25BrN2O3/c1-17(2,3)23-16(22)20-14-6-4-5-13(14)19-10-11-9-12(18)7-8-15(11)21/h7-9,13-14,19,21H,4-6,10H2,1-3H3,(H,20,22). The van der Waals surface area contributed by atoms with E-state index in [9.17, 15) is 9.90 Å². The third-order valence-electron chi connectivity index (χ3n) is 3.81. The zero-order chi connectivity index (χ0) is 17.0. The summed E-state index contributed by atoms with van der Waals surface area (Å²) in [6, 6.07) is 5.61. The number of carbonyl (C=O) groups excluding carboxylic acids is 1. The molecule has 0 bridgehead atoms. The molecule has 1 aromatic rings. The number of phenols is 1. The van der Waals surface area contributed by atoms with Gasteiger partial charge < -0.3 is 20.5 Å². The van der Waals surface area contributed by atoms with Gasteiger partial charge in [-0.05, 0) is 58.2 Å². The van der Waals surface area contributed by atoms with Crippen molar-refractivity contribution in [1.29, 1.82) is 0 Å². The molecule has 1 saturated carbocycles. The molecule has 3 N–H and O–H groups in total. The number of halogens is 1. The number of benzene rings is 1.